The molecule has 168 valence electrons. The Hall–Kier alpha value is -2.00. The first kappa shape index (κ1) is 24.3. The third-order valence-corrected chi connectivity index (χ3v) is 5.78. The van der Waals surface area contributed by atoms with Crippen LogP contribution in [0, 0.1) is 5.92 Å². The minimum Gasteiger partial charge on any atom is -0.386 e. The van der Waals surface area contributed by atoms with Crippen molar-refractivity contribution in [2.75, 3.05) is 20.8 Å². The molecule has 0 bridgehead atoms. The van der Waals surface area contributed by atoms with Crippen molar-refractivity contribution in [1.29, 1.82) is 0 Å². The number of hydrogen-bond acceptors (Lipinski definition) is 6. The van der Waals surface area contributed by atoms with Gasteiger partial charge < -0.3 is 29.9 Å². The van der Waals surface area contributed by atoms with Crippen molar-refractivity contribution < 1.29 is 29.3 Å². The van der Waals surface area contributed by atoms with Crippen LogP contribution in [0.1, 0.15) is 44.8 Å². The molecule has 0 saturated carbocycles. The summed E-state index contributed by atoms with van der Waals surface area (Å²) in [5.41, 5.74) is 0.727. The monoisotopic (exact) mass is 422 g/mol. The molecular weight excluding hydrogens is 388 g/mol. The smallest absolute Gasteiger partial charge is 0.228 e. The number of amides is 2. The highest BCUT2D eigenvalue weighted by Crippen LogP contribution is 2.27. The zero-order valence-corrected chi connectivity index (χ0v) is 18.2. The molecule has 0 radical (unpaired) electrons. The summed E-state index contributed by atoms with van der Waals surface area (Å²) in [5.74, 6) is -1.01. The summed E-state index contributed by atoms with van der Waals surface area (Å²) in [5, 5.41) is 23.0. The van der Waals surface area contributed by atoms with E-state index in [9.17, 15) is 19.8 Å². The Morgan fingerprint density at radius 2 is 1.83 bits per heavy atom. The molecule has 2 amide bonds. The number of aliphatic hydroxyl groups excluding tert-OH is 2. The first-order valence-corrected chi connectivity index (χ1v) is 10.4. The predicted octanol–water partition coefficient (Wildman–Crippen LogP) is 1.22. The zero-order valence-electron chi connectivity index (χ0n) is 18.2. The Morgan fingerprint density at radius 1 is 1.17 bits per heavy atom. The summed E-state index contributed by atoms with van der Waals surface area (Å²) < 4.78 is 10.4. The van der Waals surface area contributed by atoms with Crippen LogP contribution < -0.4 is 5.32 Å². The highest BCUT2D eigenvalue weighted by molar-refractivity contribution is 5.80. The highest BCUT2D eigenvalue weighted by atomic mass is 16.6. The van der Waals surface area contributed by atoms with Crippen molar-refractivity contribution in [1.82, 2.24) is 10.2 Å². The van der Waals surface area contributed by atoms with Crippen LogP contribution in [0.4, 0.5) is 0 Å². The number of carbonyl (C=O) groups is 2. The third-order valence-electron chi connectivity index (χ3n) is 5.78. The lowest BCUT2D eigenvalue weighted by atomic mass is 9.94. The number of ether oxygens (including phenoxy) is 2. The van der Waals surface area contributed by atoms with Crippen LogP contribution >= 0.6 is 0 Å². The lowest BCUT2D eigenvalue weighted by molar-refractivity contribution is -0.149. The molecular formula is C22H34N2O6. The first-order valence-electron chi connectivity index (χ1n) is 10.4. The predicted molar refractivity (Wildman–Crippen MR) is 111 cm³/mol. The van der Waals surface area contributed by atoms with Gasteiger partial charge in [-0.3, -0.25) is 9.59 Å². The number of nitrogens with one attached hydrogen (secondary N) is 1. The minimum absolute atomic E-state index is 0.135. The van der Waals surface area contributed by atoms with Gasteiger partial charge in [0.2, 0.25) is 11.8 Å². The molecule has 3 N–H and O–H groups in total. The van der Waals surface area contributed by atoms with Crippen LogP contribution in [0.5, 0.6) is 0 Å². The van der Waals surface area contributed by atoms with Gasteiger partial charge in [-0.1, -0.05) is 37.3 Å². The maximum atomic E-state index is 12.9. The number of aliphatic hydroxyl groups is 2. The highest BCUT2D eigenvalue weighted by Gasteiger charge is 2.40. The summed E-state index contributed by atoms with van der Waals surface area (Å²) >= 11 is 0. The van der Waals surface area contributed by atoms with Crippen LogP contribution in [0.3, 0.4) is 0 Å². The number of hydrogen-bond donors (Lipinski definition) is 3. The van der Waals surface area contributed by atoms with E-state index in [-0.39, 0.29) is 24.3 Å². The van der Waals surface area contributed by atoms with E-state index in [4.69, 9.17) is 9.47 Å². The Balaban J connectivity index is 2.02. The number of likely N-dealkylation sites (tertiary alicyclic amines) is 1. The Kier molecular flexibility index (Phi) is 9.23. The largest absolute Gasteiger partial charge is 0.386 e. The van der Waals surface area contributed by atoms with E-state index in [0.717, 1.165) is 12.0 Å². The summed E-state index contributed by atoms with van der Waals surface area (Å²) in [6.07, 6.45) is -1.10. The minimum atomic E-state index is -1.15. The molecule has 1 aliphatic rings. The molecule has 1 aliphatic heterocycles. The molecule has 0 aromatic heterocycles. The molecule has 1 heterocycles. The fourth-order valence-corrected chi connectivity index (χ4v) is 4.01. The van der Waals surface area contributed by atoms with Gasteiger partial charge >= 0.3 is 0 Å². The van der Waals surface area contributed by atoms with Crippen LogP contribution in [-0.2, 0) is 19.1 Å². The molecule has 1 fully saturated rings. The molecule has 1 aromatic carbocycles. The van der Waals surface area contributed by atoms with E-state index in [2.05, 4.69) is 5.32 Å². The van der Waals surface area contributed by atoms with Crippen LogP contribution in [-0.4, -0.2) is 72.2 Å². The maximum absolute atomic E-state index is 12.9. The normalized spacial score (nSPS) is 21.5. The second-order valence-corrected chi connectivity index (χ2v) is 7.83. The topological polar surface area (TPSA) is 108 Å². The van der Waals surface area contributed by atoms with E-state index < -0.39 is 30.5 Å². The van der Waals surface area contributed by atoms with Gasteiger partial charge in [0.15, 0.2) is 6.29 Å². The standard InChI is InChI=1S/C22H34N2O6/c1-14(22(28)23-15(2)20(27)16-9-6-5-7-10-16)21(30-4)17-11-8-12-24(17)18(25)13-19(26)29-3/h5-7,9-10,14-15,17,19-21,26-27H,8,11-13H2,1-4H3,(H,23,28)/t14-,15+,17+,19-,20+,21+/m1/s1. The molecule has 2 rings (SSSR count). The van der Waals surface area contributed by atoms with Crippen molar-refractivity contribution in [3.05, 3.63) is 35.9 Å². The molecule has 0 unspecified atom stereocenters. The molecule has 0 spiro atoms. The SMILES string of the molecule is CO[C@@H]([C@@H](C)C(=O)N[C@@H](C)[C@H](O)c1ccccc1)[C@@H]1CCCN1C(=O)C[C@H](O)OC. The van der Waals surface area contributed by atoms with E-state index in [0.29, 0.717) is 13.0 Å². The van der Waals surface area contributed by atoms with Crippen LogP contribution in [0.15, 0.2) is 30.3 Å². The summed E-state index contributed by atoms with van der Waals surface area (Å²) in [6.45, 7) is 4.06. The van der Waals surface area contributed by atoms with Gasteiger partial charge in [-0.05, 0) is 25.3 Å². The van der Waals surface area contributed by atoms with Crippen molar-refractivity contribution in [3.63, 3.8) is 0 Å². The Labute approximate surface area is 178 Å². The van der Waals surface area contributed by atoms with Gasteiger partial charge in [0.25, 0.3) is 0 Å². The summed E-state index contributed by atoms with van der Waals surface area (Å²) in [7, 11) is 2.87. The number of methoxy groups -OCH3 is 2. The molecule has 1 saturated heterocycles. The number of benzene rings is 1. The molecule has 1 aromatic rings. The molecule has 8 nitrogen and oxygen atoms in total. The number of nitrogens with zero attached hydrogens (tertiary/aromatic N) is 1. The molecule has 8 heteroatoms. The summed E-state index contributed by atoms with van der Waals surface area (Å²) in [6, 6.07) is 8.41. The summed E-state index contributed by atoms with van der Waals surface area (Å²) in [4.78, 5) is 27.1. The van der Waals surface area contributed by atoms with Crippen molar-refractivity contribution in [2.24, 2.45) is 5.92 Å². The maximum Gasteiger partial charge on any atom is 0.228 e. The van der Waals surface area contributed by atoms with Crippen molar-refractivity contribution in [3.8, 4) is 0 Å². The molecule has 6 atom stereocenters. The average Bonchev–Trinajstić information content (AvgIpc) is 3.23. The molecule has 30 heavy (non-hydrogen) atoms. The second kappa shape index (κ2) is 11.4. The number of rotatable bonds is 10. The van der Waals surface area contributed by atoms with Crippen molar-refractivity contribution in [2.45, 2.75) is 63.7 Å². The third kappa shape index (κ3) is 6.01. The molecule has 0 aliphatic carbocycles. The fourth-order valence-electron chi connectivity index (χ4n) is 4.01. The van der Waals surface area contributed by atoms with Crippen LogP contribution in [0.25, 0.3) is 0 Å². The van der Waals surface area contributed by atoms with E-state index in [1.807, 2.05) is 30.3 Å². The van der Waals surface area contributed by atoms with E-state index >= 15 is 0 Å². The van der Waals surface area contributed by atoms with Gasteiger partial charge in [-0.25, -0.2) is 0 Å². The Bertz CT molecular complexity index is 685. The van der Waals surface area contributed by atoms with Gasteiger partial charge in [0, 0.05) is 20.8 Å². The van der Waals surface area contributed by atoms with Gasteiger partial charge in [0.05, 0.1) is 36.6 Å². The second-order valence-electron chi connectivity index (χ2n) is 7.83. The Morgan fingerprint density at radius 3 is 2.43 bits per heavy atom. The lowest BCUT2D eigenvalue weighted by Crippen LogP contribution is -2.51. The van der Waals surface area contributed by atoms with Gasteiger partial charge in [-0.15, -0.1) is 0 Å². The van der Waals surface area contributed by atoms with Crippen LogP contribution in [0.2, 0.25) is 0 Å². The average molecular weight is 423 g/mol. The number of carbonyl (C=O) groups excluding carboxylic acids is 2. The fraction of sp³-hybridized carbons (Fsp3) is 0.636. The van der Waals surface area contributed by atoms with E-state index in [1.165, 1.54) is 14.2 Å². The quantitative estimate of drug-likeness (QED) is 0.490. The van der Waals surface area contributed by atoms with Crippen molar-refractivity contribution >= 4 is 11.8 Å². The van der Waals surface area contributed by atoms with Gasteiger partial charge in [0.1, 0.15) is 0 Å². The first-order chi connectivity index (χ1) is 14.3. The van der Waals surface area contributed by atoms with Gasteiger partial charge in [-0.2, -0.15) is 0 Å². The lowest BCUT2D eigenvalue weighted by Gasteiger charge is -2.34. The van der Waals surface area contributed by atoms with E-state index in [1.54, 1.807) is 18.7 Å². The zero-order chi connectivity index (χ0) is 22.3.